The quantitative estimate of drug-likeness (QED) is 0.730. The zero-order chi connectivity index (χ0) is 16.1. The van der Waals surface area contributed by atoms with Crippen LogP contribution < -0.4 is 5.32 Å². The van der Waals surface area contributed by atoms with Crippen molar-refractivity contribution in [2.24, 2.45) is 5.92 Å². The third kappa shape index (κ3) is 4.30. The van der Waals surface area contributed by atoms with Gasteiger partial charge in [-0.25, -0.2) is 0 Å². The van der Waals surface area contributed by atoms with Gasteiger partial charge in [-0.1, -0.05) is 25.0 Å². The van der Waals surface area contributed by atoms with Gasteiger partial charge in [-0.3, -0.25) is 9.59 Å². The van der Waals surface area contributed by atoms with Gasteiger partial charge < -0.3 is 5.32 Å². The Hall–Kier alpha value is -1.46. The van der Waals surface area contributed by atoms with Gasteiger partial charge in [0.1, 0.15) is 0 Å². The minimum atomic E-state index is -0.0137. The fourth-order valence-electron chi connectivity index (χ4n) is 3.21. The van der Waals surface area contributed by atoms with Crippen molar-refractivity contribution in [1.29, 1.82) is 0 Å². The summed E-state index contributed by atoms with van der Waals surface area (Å²) in [5.74, 6) is 0.578. The first-order valence-electron chi connectivity index (χ1n) is 8.13. The number of thiophene rings is 2. The van der Waals surface area contributed by atoms with E-state index in [0.717, 1.165) is 4.88 Å². The highest BCUT2D eigenvalue weighted by Crippen LogP contribution is 2.37. The summed E-state index contributed by atoms with van der Waals surface area (Å²) in [6, 6.07) is 7.93. The minimum Gasteiger partial charge on any atom is -0.348 e. The molecule has 2 heterocycles. The molecule has 23 heavy (non-hydrogen) atoms. The van der Waals surface area contributed by atoms with Crippen LogP contribution in [0, 0.1) is 5.92 Å². The zero-order valence-corrected chi connectivity index (χ0v) is 14.6. The molecule has 1 N–H and O–H groups in total. The van der Waals surface area contributed by atoms with Crippen molar-refractivity contribution in [3.8, 4) is 0 Å². The third-order valence-corrected chi connectivity index (χ3v) is 6.28. The number of carbonyl (C=O) groups excluding carboxylic acids is 2. The Morgan fingerprint density at radius 1 is 1.09 bits per heavy atom. The zero-order valence-electron chi connectivity index (χ0n) is 13.0. The first-order chi connectivity index (χ1) is 11.2. The van der Waals surface area contributed by atoms with Crippen molar-refractivity contribution >= 4 is 34.4 Å². The number of amides is 1. The molecule has 0 spiro atoms. The van der Waals surface area contributed by atoms with Crippen molar-refractivity contribution in [1.82, 2.24) is 5.32 Å². The molecule has 122 valence electrons. The van der Waals surface area contributed by atoms with E-state index in [1.54, 1.807) is 11.3 Å². The van der Waals surface area contributed by atoms with E-state index in [2.05, 4.69) is 16.8 Å². The average molecular weight is 348 g/mol. The predicted octanol–water partition coefficient (Wildman–Crippen LogP) is 4.82. The molecule has 0 radical (unpaired) electrons. The molecule has 3 nitrogen and oxygen atoms in total. The van der Waals surface area contributed by atoms with Gasteiger partial charge in [-0.05, 0) is 41.7 Å². The number of ketones is 1. The van der Waals surface area contributed by atoms with Crippen molar-refractivity contribution < 1.29 is 9.59 Å². The summed E-state index contributed by atoms with van der Waals surface area (Å²) in [5, 5.41) is 7.13. The van der Waals surface area contributed by atoms with Crippen LogP contribution in [0.1, 0.15) is 59.1 Å². The second-order valence-electron chi connectivity index (χ2n) is 6.01. The van der Waals surface area contributed by atoms with Crippen LogP contribution in [0.4, 0.5) is 0 Å². The maximum absolute atomic E-state index is 12.3. The van der Waals surface area contributed by atoms with E-state index >= 15 is 0 Å². The van der Waals surface area contributed by atoms with E-state index in [-0.39, 0.29) is 30.6 Å². The first kappa shape index (κ1) is 16.4. The van der Waals surface area contributed by atoms with E-state index in [0.29, 0.717) is 5.92 Å². The van der Waals surface area contributed by atoms with Gasteiger partial charge in [0.15, 0.2) is 5.78 Å². The molecular formula is C18H21NO2S2. The second-order valence-corrected chi connectivity index (χ2v) is 7.93. The highest BCUT2D eigenvalue weighted by molar-refractivity contribution is 7.12. The molecule has 3 rings (SSSR count). The largest absolute Gasteiger partial charge is 0.348 e. The lowest BCUT2D eigenvalue weighted by molar-refractivity contribution is -0.122. The molecule has 0 aromatic carbocycles. The van der Waals surface area contributed by atoms with E-state index in [4.69, 9.17) is 0 Å². The molecule has 2 aromatic rings. The topological polar surface area (TPSA) is 46.2 Å². The Balaban J connectivity index is 1.56. The SMILES string of the molecule is O=C(CCC(=O)c1cccs1)N[C@@H](c1cccs1)C1CCCC1. The molecule has 2 aromatic heterocycles. The van der Waals surface area contributed by atoms with E-state index < -0.39 is 0 Å². The molecule has 5 heteroatoms. The molecule has 1 saturated carbocycles. The molecule has 1 atom stereocenters. The standard InChI is InChI=1S/C18H21NO2S2/c20-14(15-7-3-11-22-15)9-10-17(21)19-18(13-5-1-2-6-13)16-8-4-12-23-16/h3-4,7-8,11-13,18H,1-2,5-6,9-10H2,(H,19,21)/t18-/m1/s1. The smallest absolute Gasteiger partial charge is 0.220 e. The van der Waals surface area contributed by atoms with Gasteiger partial charge in [0, 0.05) is 17.7 Å². The monoisotopic (exact) mass is 347 g/mol. The predicted molar refractivity (Wildman–Crippen MR) is 95.0 cm³/mol. The molecule has 1 aliphatic rings. The maximum Gasteiger partial charge on any atom is 0.220 e. The van der Waals surface area contributed by atoms with E-state index in [9.17, 15) is 9.59 Å². The summed E-state index contributed by atoms with van der Waals surface area (Å²) in [5.41, 5.74) is 0. The highest BCUT2D eigenvalue weighted by Gasteiger charge is 2.28. The van der Waals surface area contributed by atoms with Crippen molar-refractivity contribution in [2.45, 2.75) is 44.6 Å². The Morgan fingerprint density at radius 3 is 2.48 bits per heavy atom. The van der Waals surface area contributed by atoms with Gasteiger partial charge in [-0.2, -0.15) is 0 Å². The number of hydrogen-bond acceptors (Lipinski definition) is 4. The lowest BCUT2D eigenvalue weighted by Gasteiger charge is -2.23. The van der Waals surface area contributed by atoms with Crippen LogP contribution in [0.5, 0.6) is 0 Å². The molecule has 1 aliphatic carbocycles. The summed E-state index contributed by atoms with van der Waals surface area (Å²) >= 11 is 3.14. The maximum atomic E-state index is 12.3. The number of carbonyl (C=O) groups is 2. The molecule has 0 unspecified atom stereocenters. The van der Waals surface area contributed by atoms with Crippen molar-refractivity contribution in [3.05, 3.63) is 44.8 Å². The highest BCUT2D eigenvalue weighted by atomic mass is 32.1. The molecule has 1 fully saturated rings. The summed E-state index contributed by atoms with van der Waals surface area (Å²) in [4.78, 5) is 26.3. The Kier molecular flexibility index (Phi) is 5.62. The fraction of sp³-hybridized carbons (Fsp3) is 0.444. The second kappa shape index (κ2) is 7.88. The summed E-state index contributed by atoms with van der Waals surface area (Å²) in [6.45, 7) is 0. The lowest BCUT2D eigenvalue weighted by atomic mass is 9.96. The number of rotatable bonds is 7. The summed E-state index contributed by atoms with van der Waals surface area (Å²) < 4.78 is 0. The third-order valence-electron chi connectivity index (χ3n) is 4.41. The Morgan fingerprint density at radius 2 is 1.83 bits per heavy atom. The van der Waals surface area contributed by atoms with Crippen LogP contribution in [0.15, 0.2) is 35.0 Å². The van der Waals surface area contributed by atoms with Crippen molar-refractivity contribution in [3.63, 3.8) is 0 Å². The first-order valence-corrected chi connectivity index (χ1v) is 9.89. The van der Waals surface area contributed by atoms with Gasteiger partial charge in [0.2, 0.25) is 5.91 Å². The van der Waals surface area contributed by atoms with Crippen LogP contribution in [0.25, 0.3) is 0 Å². The van der Waals surface area contributed by atoms with Crippen LogP contribution in [-0.2, 0) is 4.79 Å². The Labute approximate surface area is 144 Å². The number of Topliss-reactive ketones (excluding diaryl/α,β-unsaturated/α-hetero) is 1. The lowest BCUT2D eigenvalue weighted by Crippen LogP contribution is -2.32. The van der Waals surface area contributed by atoms with Gasteiger partial charge in [0.25, 0.3) is 0 Å². The van der Waals surface area contributed by atoms with E-state index in [1.165, 1.54) is 41.9 Å². The molecule has 1 amide bonds. The Bertz CT molecular complexity index is 628. The molecular weight excluding hydrogens is 326 g/mol. The van der Waals surface area contributed by atoms with Gasteiger partial charge in [0.05, 0.1) is 10.9 Å². The van der Waals surface area contributed by atoms with Gasteiger partial charge in [-0.15, -0.1) is 22.7 Å². The van der Waals surface area contributed by atoms with Crippen LogP contribution >= 0.6 is 22.7 Å². The van der Waals surface area contributed by atoms with Crippen LogP contribution in [0.2, 0.25) is 0 Å². The summed E-state index contributed by atoms with van der Waals surface area (Å²) in [7, 11) is 0. The normalized spacial score (nSPS) is 16.3. The van der Waals surface area contributed by atoms with Crippen molar-refractivity contribution in [2.75, 3.05) is 0 Å². The molecule has 0 bridgehead atoms. The van der Waals surface area contributed by atoms with E-state index in [1.807, 2.05) is 23.6 Å². The summed E-state index contributed by atoms with van der Waals surface area (Å²) in [6.07, 6.45) is 5.41. The average Bonchev–Trinajstić information content (AvgIpc) is 3.33. The molecule has 0 aliphatic heterocycles. The fourth-order valence-corrected chi connectivity index (χ4v) is 4.78. The van der Waals surface area contributed by atoms with Crippen LogP contribution in [-0.4, -0.2) is 11.7 Å². The van der Waals surface area contributed by atoms with Gasteiger partial charge >= 0.3 is 0 Å². The number of hydrogen-bond donors (Lipinski definition) is 1. The van der Waals surface area contributed by atoms with Crippen LogP contribution in [0.3, 0.4) is 0 Å². The minimum absolute atomic E-state index is 0.0137. The molecule has 0 saturated heterocycles. The number of nitrogens with one attached hydrogen (secondary N) is 1.